The zero-order valence-corrected chi connectivity index (χ0v) is 18.4. The van der Waals surface area contributed by atoms with Gasteiger partial charge in [0.05, 0.1) is 15.6 Å². The second-order valence-corrected chi connectivity index (χ2v) is 7.25. The number of nitrogens with zero attached hydrogens (tertiary/aromatic N) is 1. The van der Waals surface area contributed by atoms with Crippen LogP contribution in [-0.4, -0.2) is 44.3 Å². The van der Waals surface area contributed by atoms with Crippen LogP contribution in [0, 0.1) is 0 Å². The molecule has 0 fully saturated rings. The Morgan fingerprint density at radius 2 is 1.50 bits per heavy atom. The van der Waals surface area contributed by atoms with Crippen LogP contribution in [0.4, 0.5) is 18.9 Å². The zero-order valence-electron chi connectivity index (χ0n) is 16.9. The number of ether oxygens (including phenoxy) is 2. The summed E-state index contributed by atoms with van der Waals surface area (Å²) >= 11 is 12.1. The van der Waals surface area contributed by atoms with E-state index in [0.717, 1.165) is 37.5 Å². The van der Waals surface area contributed by atoms with E-state index in [4.69, 9.17) is 32.7 Å². The van der Waals surface area contributed by atoms with Crippen LogP contribution in [0.5, 0.6) is 11.5 Å². The van der Waals surface area contributed by atoms with E-state index in [1.807, 2.05) is 6.07 Å². The molecule has 2 aromatic carbocycles. The SMILES string of the molecule is CCN(CC)CCOc1ccc(NCCOc2ccc(C(F)(F)F)cc2Cl)cc1Cl. The Morgan fingerprint density at radius 1 is 0.900 bits per heavy atom. The van der Waals surface area contributed by atoms with E-state index in [-0.39, 0.29) is 17.4 Å². The summed E-state index contributed by atoms with van der Waals surface area (Å²) in [5, 5.41) is 3.54. The number of nitrogens with one attached hydrogen (secondary N) is 1. The lowest BCUT2D eigenvalue weighted by atomic mass is 10.2. The topological polar surface area (TPSA) is 33.7 Å². The third kappa shape index (κ3) is 7.45. The maximum absolute atomic E-state index is 12.7. The average Bonchev–Trinajstić information content (AvgIpc) is 2.70. The Balaban J connectivity index is 1.79. The first-order valence-electron chi connectivity index (χ1n) is 9.62. The first-order chi connectivity index (χ1) is 14.2. The van der Waals surface area contributed by atoms with Crippen LogP contribution in [0.15, 0.2) is 36.4 Å². The van der Waals surface area contributed by atoms with Crippen molar-refractivity contribution >= 4 is 28.9 Å². The van der Waals surface area contributed by atoms with Gasteiger partial charge in [-0.3, -0.25) is 0 Å². The van der Waals surface area contributed by atoms with Gasteiger partial charge in [-0.15, -0.1) is 0 Å². The van der Waals surface area contributed by atoms with Gasteiger partial charge < -0.3 is 19.7 Å². The van der Waals surface area contributed by atoms with Gasteiger partial charge in [0.15, 0.2) is 0 Å². The van der Waals surface area contributed by atoms with Crippen molar-refractivity contribution < 1.29 is 22.6 Å². The van der Waals surface area contributed by atoms with Crippen LogP contribution < -0.4 is 14.8 Å². The van der Waals surface area contributed by atoms with E-state index in [2.05, 4.69) is 24.1 Å². The zero-order chi connectivity index (χ0) is 22.1. The highest BCUT2D eigenvalue weighted by atomic mass is 35.5. The molecule has 1 N–H and O–H groups in total. The smallest absolute Gasteiger partial charge is 0.416 e. The Labute approximate surface area is 184 Å². The summed E-state index contributed by atoms with van der Waals surface area (Å²) in [4.78, 5) is 2.26. The Kier molecular flexibility index (Phi) is 9.39. The lowest BCUT2D eigenvalue weighted by Crippen LogP contribution is -2.27. The van der Waals surface area contributed by atoms with Crippen molar-refractivity contribution in [1.82, 2.24) is 4.90 Å². The van der Waals surface area contributed by atoms with Gasteiger partial charge in [-0.1, -0.05) is 37.0 Å². The van der Waals surface area contributed by atoms with Crippen molar-refractivity contribution in [1.29, 1.82) is 0 Å². The van der Waals surface area contributed by atoms with Crippen LogP contribution in [0.2, 0.25) is 10.0 Å². The molecule has 0 amide bonds. The number of alkyl halides is 3. The summed E-state index contributed by atoms with van der Waals surface area (Å²) in [6.07, 6.45) is -4.44. The minimum Gasteiger partial charge on any atom is -0.491 e. The molecule has 166 valence electrons. The van der Waals surface area contributed by atoms with E-state index in [1.54, 1.807) is 12.1 Å². The van der Waals surface area contributed by atoms with E-state index in [0.29, 0.717) is 23.9 Å². The molecule has 0 saturated heterocycles. The normalized spacial score (nSPS) is 11.6. The molecule has 0 bridgehead atoms. The molecule has 0 unspecified atom stereocenters. The quantitative estimate of drug-likeness (QED) is 0.400. The van der Waals surface area contributed by atoms with E-state index in [1.165, 1.54) is 6.07 Å². The lowest BCUT2D eigenvalue weighted by molar-refractivity contribution is -0.137. The van der Waals surface area contributed by atoms with Crippen LogP contribution in [0.3, 0.4) is 0 Å². The predicted molar refractivity (Wildman–Crippen MR) is 115 cm³/mol. The van der Waals surface area contributed by atoms with Crippen molar-refractivity contribution in [2.75, 3.05) is 44.7 Å². The van der Waals surface area contributed by atoms with Crippen molar-refractivity contribution in [3.8, 4) is 11.5 Å². The lowest BCUT2D eigenvalue weighted by Gasteiger charge is -2.18. The van der Waals surface area contributed by atoms with Gasteiger partial charge in [0.2, 0.25) is 0 Å². The molecule has 0 aliphatic heterocycles. The fraction of sp³-hybridized carbons (Fsp3) is 0.429. The highest BCUT2D eigenvalue weighted by molar-refractivity contribution is 6.32. The number of likely N-dealkylation sites (N-methyl/N-ethyl adjacent to an activating group) is 1. The molecule has 2 aromatic rings. The monoisotopic (exact) mass is 464 g/mol. The average molecular weight is 465 g/mol. The summed E-state index contributed by atoms with van der Waals surface area (Å²) < 4.78 is 49.2. The van der Waals surface area contributed by atoms with Crippen LogP contribution in [0.25, 0.3) is 0 Å². The standard InChI is InChI=1S/C21H25Cl2F3N2O2/c1-3-28(4-2)10-12-30-20-8-6-16(14-18(20)23)27-9-11-29-19-7-5-15(13-17(19)22)21(24,25)26/h5-8,13-14,27H,3-4,9-12H2,1-2H3. The summed E-state index contributed by atoms with van der Waals surface area (Å²) in [5.41, 5.74) is -0.0368. The molecule has 0 radical (unpaired) electrons. The van der Waals surface area contributed by atoms with E-state index >= 15 is 0 Å². The van der Waals surface area contributed by atoms with Gasteiger partial charge in [-0.05, 0) is 49.5 Å². The van der Waals surface area contributed by atoms with Gasteiger partial charge in [0, 0.05) is 18.8 Å². The minimum absolute atomic E-state index is 0.0842. The molecular formula is C21H25Cl2F3N2O2. The molecule has 2 rings (SSSR count). The molecular weight excluding hydrogens is 440 g/mol. The maximum Gasteiger partial charge on any atom is 0.416 e. The number of anilines is 1. The third-order valence-corrected chi connectivity index (χ3v) is 5.03. The first kappa shape index (κ1) is 24.4. The van der Waals surface area contributed by atoms with Crippen LogP contribution >= 0.6 is 23.2 Å². The maximum atomic E-state index is 12.7. The number of benzene rings is 2. The molecule has 0 aliphatic carbocycles. The Hall–Kier alpha value is -1.83. The summed E-state index contributed by atoms with van der Waals surface area (Å²) in [7, 11) is 0. The molecule has 4 nitrogen and oxygen atoms in total. The van der Waals surface area contributed by atoms with Crippen molar-refractivity contribution in [3.63, 3.8) is 0 Å². The second kappa shape index (κ2) is 11.5. The number of hydrogen-bond acceptors (Lipinski definition) is 4. The highest BCUT2D eigenvalue weighted by Crippen LogP contribution is 2.34. The molecule has 0 aromatic heterocycles. The van der Waals surface area contributed by atoms with Crippen LogP contribution in [-0.2, 0) is 6.18 Å². The largest absolute Gasteiger partial charge is 0.491 e. The summed E-state index contributed by atoms with van der Waals surface area (Å²) in [6.45, 7) is 8.15. The van der Waals surface area contributed by atoms with Gasteiger partial charge in [0.1, 0.15) is 24.7 Å². The Morgan fingerprint density at radius 3 is 2.07 bits per heavy atom. The van der Waals surface area contributed by atoms with Gasteiger partial charge in [-0.2, -0.15) is 13.2 Å². The summed E-state index contributed by atoms with van der Waals surface area (Å²) in [6, 6.07) is 8.38. The van der Waals surface area contributed by atoms with E-state index < -0.39 is 11.7 Å². The molecule has 0 heterocycles. The van der Waals surface area contributed by atoms with Crippen molar-refractivity contribution in [3.05, 3.63) is 52.0 Å². The van der Waals surface area contributed by atoms with Crippen LogP contribution in [0.1, 0.15) is 19.4 Å². The Bertz CT molecular complexity index is 815. The predicted octanol–water partition coefficient (Wildman–Crippen LogP) is 6.22. The van der Waals surface area contributed by atoms with Gasteiger partial charge in [-0.25, -0.2) is 0 Å². The van der Waals surface area contributed by atoms with Gasteiger partial charge >= 0.3 is 6.18 Å². The van der Waals surface area contributed by atoms with Crippen molar-refractivity contribution in [2.45, 2.75) is 20.0 Å². The minimum atomic E-state index is -4.44. The molecule has 0 saturated carbocycles. The highest BCUT2D eigenvalue weighted by Gasteiger charge is 2.31. The molecule has 0 atom stereocenters. The molecule has 0 spiro atoms. The molecule has 30 heavy (non-hydrogen) atoms. The first-order valence-corrected chi connectivity index (χ1v) is 10.4. The fourth-order valence-corrected chi connectivity index (χ4v) is 3.17. The molecule has 0 aliphatic rings. The summed E-state index contributed by atoms with van der Waals surface area (Å²) in [5.74, 6) is 0.809. The number of halogens is 5. The third-order valence-electron chi connectivity index (χ3n) is 4.44. The fourth-order valence-electron chi connectivity index (χ4n) is 2.70. The van der Waals surface area contributed by atoms with Gasteiger partial charge in [0.25, 0.3) is 0 Å². The molecule has 9 heteroatoms. The number of rotatable bonds is 11. The van der Waals surface area contributed by atoms with Crippen molar-refractivity contribution in [2.24, 2.45) is 0 Å². The number of hydrogen-bond donors (Lipinski definition) is 1. The second-order valence-electron chi connectivity index (χ2n) is 6.44. The van der Waals surface area contributed by atoms with E-state index in [9.17, 15) is 13.2 Å².